The fraction of sp³-hybridized carbons (Fsp3) is 0.265. The summed E-state index contributed by atoms with van der Waals surface area (Å²) in [6.07, 6.45) is 1.70. The molecule has 2 aliphatic heterocycles. The molecule has 0 saturated carbocycles. The first-order valence-electron chi connectivity index (χ1n) is 15.2. The van der Waals surface area contributed by atoms with Crippen molar-refractivity contribution < 1.29 is 37.0 Å². The number of urea groups is 1. The smallest absolute Gasteiger partial charge is 0.318 e. The maximum Gasteiger partial charge on any atom is 0.318 e. The molecule has 6 rings (SSSR count). The van der Waals surface area contributed by atoms with E-state index in [2.05, 4.69) is 15.2 Å². The van der Waals surface area contributed by atoms with Gasteiger partial charge in [0, 0.05) is 54.6 Å². The van der Waals surface area contributed by atoms with Gasteiger partial charge in [-0.1, -0.05) is 17.7 Å². The molecular formula is C34H34ClN5O8S. The lowest BCUT2D eigenvalue weighted by Crippen LogP contribution is -2.60. The maximum atomic E-state index is 15.2. The number of pyridine rings is 1. The van der Waals surface area contributed by atoms with Crippen molar-refractivity contribution >= 4 is 45.1 Å². The number of nitrogens with zero attached hydrogens (tertiary/aromatic N) is 4. The lowest BCUT2D eigenvalue weighted by atomic mass is 9.83. The zero-order valence-electron chi connectivity index (χ0n) is 27.2. The van der Waals surface area contributed by atoms with Crippen molar-refractivity contribution in [3.05, 3.63) is 95.1 Å². The number of piperazine rings is 1. The van der Waals surface area contributed by atoms with Gasteiger partial charge < -0.3 is 34.1 Å². The van der Waals surface area contributed by atoms with E-state index in [0.717, 1.165) is 5.82 Å². The lowest BCUT2D eigenvalue weighted by molar-refractivity contribution is -0.121. The molecule has 49 heavy (non-hydrogen) atoms. The highest BCUT2D eigenvalue weighted by molar-refractivity contribution is 7.93. The van der Waals surface area contributed by atoms with Crippen molar-refractivity contribution in [2.75, 3.05) is 63.8 Å². The van der Waals surface area contributed by atoms with E-state index in [0.29, 0.717) is 42.0 Å². The summed E-state index contributed by atoms with van der Waals surface area (Å²) >= 11 is 6.53. The van der Waals surface area contributed by atoms with Gasteiger partial charge in [-0.25, -0.2) is 18.2 Å². The molecule has 1 unspecified atom stereocenters. The number of aromatic nitrogens is 1. The number of nitrogens with one attached hydrogen (secondary N) is 1. The lowest BCUT2D eigenvalue weighted by Gasteiger charge is -2.38. The van der Waals surface area contributed by atoms with E-state index in [4.69, 9.17) is 30.5 Å². The number of hydrogen-bond donors (Lipinski definition) is 1. The van der Waals surface area contributed by atoms with Crippen molar-refractivity contribution in [1.29, 1.82) is 0 Å². The van der Waals surface area contributed by atoms with Gasteiger partial charge in [0.2, 0.25) is 0 Å². The summed E-state index contributed by atoms with van der Waals surface area (Å²) in [5.74, 6) is 0.624. The largest absolute Gasteiger partial charge is 0.497 e. The second kappa shape index (κ2) is 13.4. The Hall–Kier alpha value is -5.21. The van der Waals surface area contributed by atoms with E-state index in [1.54, 1.807) is 23.2 Å². The van der Waals surface area contributed by atoms with Crippen molar-refractivity contribution in [2.45, 2.75) is 10.4 Å². The van der Waals surface area contributed by atoms with Crippen LogP contribution in [0.3, 0.4) is 0 Å². The van der Waals surface area contributed by atoms with Gasteiger partial charge in [0.05, 0.1) is 34.1 Å². The number of carbonyl (C=O) groups is 2. The van der Waals surface area contributed by atoms with Crippen LogP contribution in [0.2, 0.25) is 5.02 Å². The van der Waals surface area contributed by atoms with E-state index in [-0.39, 0.29) is 38.2 Å². The molecule has 0 aliphatic carbocycles. The van der Waals surface area contributed by atoms with Gasteiger partial charge >= 0.3 is 6.03 Å². The third-order valence-electron chi connectivity index (χ3n) is 8.62. The van der Waals surface area contributed by atoms with Crippen LogP contribution in [0.4, 0.5) is 16.3 Å². The van der Waals surface area contributed by atoms with Crippen LogP contribution in [0.15, 0.2) is 83.9 Å². The molecule has 0 spiro atoms. The summed E-state index contributed by atoms with van der Waals surface area (Å²) in [6, 6.07) is 18.3. The van der Waals surface area contributed by atoms with Crippen LogP contribution in [-0.2, 0) is 20.4 Å². The third kappa shape index (κ3) is 5.80. The topological polar surface area (TPSA) is 140 Å². The van der Waals surface area contributed by atoms with Gasteiger partial charge in [-0.15, -0.1) is 0 Å². The molecule has 0 radical (unpaired) electrons. The molecule has 3 amide bonds. The van der Waals surface area contributed by atoms with Crippen molar-refractivity contribution in [3.63, 3.8) is 0 Å². The number of rotatable bonds is 9. The van der Waals surface area contributed by atoms with Crippen LogP contribution in [-0.4, -0.2) is 84.9 Å². The molecule has 1 atom stereocenters. The first-order valence-corrected chi connectivity index (χ1v) is 17.0. The summed E-state index contributed by atoms with van der Waals surface area (Å²) in [7, 11) is 0.921. The van der Waals surface area contributed by atoms with Crippen LogP contribution >= 0.6 is 11.6 Å². The molecule has 3 aromatic carbocycles. The molecular weight excluding hydrogens is 674 g/mol. The number of fused-ring (bicyclic) bond motifs is 1. The highest BCUT2D eigenvalue weighted by atomic mass is 35.5. The van der Waals surface area contributed by atoms with Gasteiger partial charge in [-0.2, -0.15) is 4.31 Å². The first-order chi connectivity index (χ1) is 23.6. The molecule has 256 valence electrons. The van der Waals surface area contributed by atoms with Crippen LogP contribution in [0.5, 0.6) is 23.0 Å². The first kappa shape index (κ1) is 33.7. The zero-order chi connectivity index (χ0) is 34.9. The molecule has 2 aliphatic rings. The Kier molecular flexibility index (Phi) is 9.18. The number of amides is 3. The minimum absolute atomic E-state index is 0.0163. The zero-order valence-corrected chi connectivity index (χ0v) is 28.7. The number of sulfonamides is 1. The fourth-order valence-electron chi connectivity index (χ4n) is 6.16. The van der Waals surface area contributed by atoms with Gasteiger partial charge in [0.25, 0.3) is 15.9 Å². The van der Waals surface area contributed by atoms with Gasteiger partial charge in [-0.05, 0) is 60.7 Å². The quantitative estimate of drug-likeness (QED) is 0.268. The Balaban J connectivity index is 1.50. The molecule has 3 heterocycles. The monoisotopic (exact) mass is 707 g/mol. The van der Waals surface area contributed by atoms with Gasteiger partial charge in [-0.3, -0.25) is 4.79 Å². The Bertz CT molecular complexity index is 2010. The highest BCUT2D eigenvalue weighted by Crippen LogP contribution is 2.51. The van der Waals surface area contributed by atoms with Crippen LogP contribution < -0.4 is 33.5 Å². The van der Waals surface area contributed by atoms with E-state index in [1.165, 1.54) is 70.9 Å². The summed E-state index contributed by atoms with van der Waals surface area (Å²) < 4.78 is 51.7. The molecule has 0 bridgehead atoms. The number of ether oxygens (including phenoxy) is 4. The molecule has 1 saturated heterocycles. The summed E-state index contributed by atoms with van der Waals surface area (Å²) in [5.41, 5.74) is -1.89. The second-order valence-corrected chi connectivity index (χ2v) is 13.4. The maximum absolute atomic E-state index is 15.2. The Morgan fingerprint density at radius 2 is 1.51 bits per heavy atom. The second-order valence-electron chi connectivity index (χ2n) is 11.2. The number of methoxy groups -OCH3 is 4. The summed E-state index contributed by atoms with van der Waals surface area (Å²) in [5, 5.41) is 3.15. The van der Waals surface area contributed by atoms with E-state index >= 15 is 4.79 Å². The van der Waals surface area contributed by atoms with Crippen LogP contribution in [0.25, 0.3) is 0 Å². The van der Waals surface area contributed by atoms with Crippen molar-refractivity contribution in [1.82, 2.24) is 15.2 Å². The normalized spacial score (nSPS) is 17.4. The Morgan fingerprint density at radius 3 is 2.16 bits per heavy atom. The average molecular weight is 708 g/mol. The highest BCUT2D eigenvalue weighted by Gasteiger charge is 2.59. The van der Waals surface area contributed by atoms with Crippen molar-refractivity contribution in [3.8, 4) is 23.0 Å². The molecule has 13 nitrogen and oxygen atoms in total. The van der Waals surface area contributed by atoms with E-state index in [1.807, 2.05) is 18.2 Å². The molecule has 1 N–H and O–H groups in total. The number of benzene rings is 3. The average Bonchev–Trinajstić information content (AvgIpc) is 3.38. The molecule has 4 aromatic rings. The Morgan fingerprint density at radius 1 is 0.816 bits per heavy atom. The Labute approximate surface area is 288 Å². The van der Waals surface area contributed by atoms with Crippen LogP contribution in [0.1, 0.15) is 11.1 Å². The minimum atomic E-state index is -4.69. The predicted molar refractivity (Wildman–Crippen MR) is 183 cm³/mol. The van der Waals surface area contributed by atoms with Gasteiger partial charge in [0.15, 0.2) is 5.54 Å². The molecule has 1 fully saturated rings. The predicted octanol–water partition coefficient (Wildman–Crippen LogP) is 4.28. The standard InChI is InChI=1S/C34H34ClN5O8S/c1-45-23-9-12-28(47-3)26(20-23)34(37-33(42)39-17-15-38(16-18-39)31-7-5-6-14-36-31)25-19-22(35)8-11-27(25)40(32(34)41)49(43,44)30-13-10-24(46-2)21-29(30)48-4/h5-14,19-21H,15-18H2,1-4H3,(H,37,42). The van der Waals surface area contributed by atoms with E-state index < -0.39 is 27.5 Å². The third-order valence-corrected chi connectivity index (χ3v) is 10.6. The minimum Gasteiger partial charge on any atom is -0.497 e. The summed E-state index contributed by atoms with van der Waals surface area (Å²) in [4.78, 5) is 37.2. The number of hydrogen-bond acceptors (Lipinski definition) is 10. The number of anilines is 2. The summed E-state index contributed by atoms with van der Waals surface area (Å²) in [6.45, 7) is 1.56. The SMILES string of the molecule is COc1ccc(S(=O)(=O)N2C(=O)C(NC(=O)N3CCN(c4ccccn4)CC3)(c3cc(OC)ccc3OC)c3cc(Cl)ccc32)c(OC)c1. The van der Waals surface area contributed by atoms with E-state index in [9.17, 15) is 13.2 Å². The van der Waals surface area contributed by atoms with Crippen molar-refractivity contribution in [2.24, 2.45) is 0 Å². The number of carbonyl (C=O) groups excluding carboxylic acids is 2. The number of halogens is 1. The molecule has 15 heteroatoms. The molecule has 1 aromatic heterocycles. The van der Waals surface area contributed by atoms with Crippen LogP contribution in [0, 0.1) is 0 Å². The fourth-order valence-corrected chi connectivity index (χ4v) is 7.94. The van der Waals surface area contributed by atoms with Gasteiger partial charge in [0.1, 0.15) is 33.7 Å².